The summed E-state index contributed by atoms with van der Waals surface area (Å²) in [5.41, 5.74) is 2.94. The van der Waals surface area contributed by atoms with Crippen LogP contribution in [0.1, 0.15) is 44.5 Å². The number of fused-ring (bicyclic) bond motifs is 1. The quantitative estimate of drug-likeness (QED) is 0.330. The highest BCUT2D eigenvalue weighted by molar-refractivity contribution is 5.91. The molecule has 3 rings (SSSR count). The number of para-hydroxylation sites is 2. The van der Waals surface area contributed by atoms with Crippen molar-refractivity contribution in [3.05, 3.63) is 72.1 Å². The third-order valence-electron chi connectivity index (χ3n) is 5.75. The van der Waals surface area contributed by atoms with E-state index in [2.05, 4.69) is 9.88 Å². The van der Waals surface area contributed by atoms with Gasteiger partial charge in [0.25, 0.3) is 0 Å². The van der Waals surface area contributed by atoms with Gasteiger partial charge in [-0.25, -0.2) is 4.98 Å². The Morgan fingerprint density at radius 2 is 1.70 bits per heavy atom. The second kappa shape index (κ2) is 12.6. The van der Waals surface area contributed by atoms with Crippen molar-refractivity contribution in [2.75, 3.05) is 19.6 Å². The average Bonchev–Trinajstić information content (AvgIpc) is 3.18. The molecule has 0 aliphatic heterocycles. The van der Waals surface area contributed by atoms with E-state index in [1.165, 1.54) is 0 Å². The van der Waals surface area contributed by atoms with Crippen molar-refractivity contribution in [2.24, 2.45) is 0 Å². The number of imidazole rings is 1. The first-order valence-corrected chi connectivity index (χ1v) is 11.8. The molecule has 0 bridgehead atoms. The summed E-state index contributed by atoms with van der Waals surface area (Å²) in [7, 11) is 0. The van der Waals surface area contributed by atoms with E-state index in [-0.39, 0.29) is 11.8 Å². The molecule has 6 nitrogen and oxygen atoms in total. The fourth-order valence-corrected chi connectivity index (χ4v) is 3.90. The lowest BCUT2D eigenvalue weighted by molar-refractivity contribution is -0.131. The number of amides is 2. The molecule has 0 radical (unpaired) electrons. The number of aromatic nitrogens is 2. The minimum absolute atomic E-state index is 0.0736. The molecule has 0 unspecified atom stereocenters. The minimum atomic E-state index is -0.0736. The Kier molecular flexibility index (Phi) is 9.24. The molecule has 0 saturated heterocycles. The van der Waals surface area contributed by atoms with Crippen LogP contribution in [0.2, 0.25) is 0 Å². The molecule has 0 spiro atoms. The average molecular weight is 447 g/mol. The van der Waals surface area contributed by atoms with E-state index in [0.29, 0.717) is 26.2 Å². The maximum Gasteiger partial charge on any atom is 0.243 e. The first kappa shape index (κ1) is 24.2. The molecule has 0 fully saturated rings. The second-order valence-corrected chi connectivity index (χ2v) is 8.01. The first-order valence-electron chi connectivity index (χ1n) is 11.8. The Morgan fingerprint density at radius 1 is 0.970 bits per heavy atom. The maximum atomic E-state index is 12.7. The van der Waals surface area contributed by atoms with Gasteiger partial charge < -0.3 is 14.8 Å². The van der Waals surface area contributed by atoms with Crippen molar-refractivity contribution >= 4 is 28.9 Å². The number of aryl methyl sites for hydroxylation is 1. The molecular formula is C27H34N4O2. The van der Waals surface area contributed by atoms with E-state index in [9.17, 15) is 9.59 Å². The van der Waals surface area contributed by atoms with Gasteiger partial charge >= 0.3 is 0 Å². The fraction of sp³-hybridized carbons (Fsp3) is 0.370. The number of hydrogen-bond acceptors (Lipinski definition) is 3. The van der Waals surface area contributed by atoms with Gasteiger partial charge in [-0.05, 0) is 50.5 Å². The van der Waals surface area contributed by atoms with Crippen molar-refractivity contribution in [1.29, 1.82) is 0 Å². The third kappa shape index (κ3) is 7.04. The molecule has 2 amide bonds. The van der Waals surface area contributed by atoms with E-state index in [4.69, 9.17) is 4.98 Å². The van der Waals surface area contributed by atoms with Crippen LogP contribution >= 0.6 is 0 Å². The van der Waals surface area contributed by atoms with Crippen LogP contribution in [0.4, 0.5) is 0 Å². The predicted octanol–water partition coefficient (Wildman–Crippen LogP) is 4.45. The number of rotatable bonds is 12. The number of benzene rings is 2. The van der Waals surface area contributed by atoms with Crippen LogP contribution in [-0.4, -0.2) is 45.9 Å². The SMILES string of the molecule is CCN(CC)C(=O)Cn1c(CCCCCNC(=O)/C=C/c2ccccc2)nc2ccccc21. The Morgan fingerprint density at radius 3 is 2.45 bits per heavy atom. The lowest BCUT2D eigenvalue weighted by atomic mass is 10.2. The summed E-state index contributed by atoms with van der Waals surface area (Å²) < 4.78 is 2.06. The van der Waals surface area contributed by atoms with Gasteiger partial charge in [-0.1, -0.05) is 48.9 Å². The Bertz CT molecular complexity index is 1070. The molecule has 1 heterocycles. The molecule has 2 aromatic carbocycles. The number of carbonyl (C=O) groups excluding carboxylic acids is 2. The van der Waals surface area contributed by atoms with Crippen LogP contribution in [0.3, 0.4) is 0 Å². The van der Waals surface area contributed by atoms with E-state index < -0.39 is 0 Å². The minimum Gasteiger partial charge on any atom is -0.353 e. The van der Waals surface area contributed by atoms with Gasteiger partial charge in [0.1, 0.15) is 12.4 Å². The molecule has 3 aromatic rings. The maximum absolute atomic E-state index is 12.7. The third-order valence-corrected chi connectivity index (χ3v) is 5.75. The van der Waals surface area contributed by atoms with Crippen molar-refractivity contribution in [3.8, 4) is 0 Å². The van der Waals surface area contributed by atoms with E-state index >= 15 is 0 Å². The smallest absolute Gasteiger partial charge is 0.243 e. The topological polar surface area (TPSA) is 67.2 Å². The van der Waals surface area contributed by atoms with Crippen molar-refractivity contribution in [3.63, 3.8) is 0 Å². The molecule has 0 saturated carbocycles. The largest absolute Gasteiger partial charge is 0.353 e. The molecule has 0 atom stereocenters. The van der Waals surface area contributed by atoms with Gasteiger partial charge in [0.15, 0.2) is 0 Å². The molecule has 0 aliphatic rings. The molecule has 1 aromatic heterocycles. The first-order chi connectivity index (χ1) is 16.1. The zero-order chi connectivity index (χ0) is 23.5. The number of unbranched alkanes of at least 4 members (excludes halogenated alkanes) is 2. The number of hydrogen-bond donors (Lipinski definition) is 1. The molecule has 174 valence electrons. The van der Waals surface area contributed by atoms with Crippen molar-refractivity contribution in [1.82, 2.24) is 19.8 Å². The fourth-order valence-electron chi connectivity index (χ4n) is 3.90. The number of carbonyl (C=O) groups is 2. The van der Waals surface area contributed by atoms with Gasteiger partial charge in [0.2, 0.25) is 11.8 Å². The summed E-state index contributed by atoms with van der Waals surface area (Å²) >= 11 is 0. The molecular weight excluding hydrogens is 412 g/mol. The zero-order valence-corrected chi connectivity index (χ0v) is 19.7. The Balaban J connectivity index is 1.48. The van der Waals surface area contributed by atoms with E-state index in [0.717, 1.165) is 48.1 Å². The monoisotopic (exact) mass is 446 g/mol. The second-order valence-electron chi connectivity index (χ2n) is 8.01. The summed E-state index contributed by atoms with van der Waals surface area (Å²) in [4.78, 5) is 31.3. The predicted molar refractivity (Wildman–Crippen MR) is 134 cm³/mol. The number of nitrogens with zero attached hydrogens (tertiary/aromatic N) is 3. The Hall–Kier alpha value is -3.41. The number of likely N-dealkylation sites (N-methyl/N-ethyl adjacent to an activating group) is 1. The lowest BCUT2D eigenvalue weighted by Crippen LogP contribution is -2.33. The molecule has 6 heteroatoms. The van der Waals surface area contributed by atoms with E-state index in [1.54, 1.807) is 6.08 Å². The normalized spacial score (nSPS) is 11.2. The standard InChI is InChI=1S/C27H34N4O2/c1-3-30(4-2)27(33)21-31-24-16-11-10-15-23(24)29-25(31)17-9-6-12-20-28-26(32)19-18-22-13-7-5-8-14-22/h5,7-8,10-11,13-16,18-19H,3-4,6,9,12,17,20-21H2,1-2H3,(H,28,32)/b19-18+. The summed E-state index contributed by atoms with van der Waals surface area (Å²) in [5, 5.41) is 2.94. The Labute approximate surface area is 196 Å². The summed E-state index contributed by atoms with van der Waals surface area (Å²) in [5.74, 6) is 0.998. The van der Waals surface area contributed by atoms with Crippen LogP contribution in [0.25, 0.3) is 17.1 Å². The molecule has 1 N–H and O–H groups in total. The summed E-state index contributed by atoms with van der Waals surface area (Å²) in [6, 6.07) is 17.8. The lowest BCUT2D eigenvalue weighted by Gasteiger charge is -2.20. The highest BCUT2D eigenvalue weighted by Gasteiger charge is 2.16. The number of nitrogens with one attached hydrogen (secondary N) is 1. The van der Waals surface area contributed by atoms with Gasteiger partial charge in [-0.2, -0.15) is 0 Å². The van der Waals surface area contributed by atoms with Crippen molar-refractivity contribution in [2.45, 2.75) is 46.1 Å². The van der Waals surface area contributed by atoms with Gasteiger partial charge in [-0.3, -0.25) is 9.59 Å². The van der Waals surface area contributed by atoms with Crippen LogP contribution in [-0.2, 0) is 22.6 Å². The zero-order valence-electron chi connectivity index (χ0n) is 19.7. The van der Waals surface area contributed by atoms with Crippen molar-refractivity contribution < 1.29 is 9.59 Å². The highest BCUT2D eigenvalue weighted by Crippen LogP contribution is 2.18. The van der Waals surface area contributed by atoms with Crippen LogP contribution in [0.5, 0.6) is 0 Å². The van der Waals surface area contributed by atoms with Crippen LogP contribution in [0, 0.1) is 0 Å². The van der Waals surface area contributed by atoms with E-state index in [1.807, 2.05) is 79.4 Å². The molecule has 33 heavy (non-hydrogen) atoms. The summed E-state index contributed by atoms with van der Waals surface area (Å²) in [6.07, 6.45) is 7.05. The summed E-state index contributed by atoms with van der Waals surface area (Å²) in [6.45, 7) is 6.40. The van der Waals surface area contributed by atoms with Crippen LogP contribution in [0.15, 0.2) is 60.7 Å². The van der Waals surface area contributed by atoms with Gasteiger partial charge in [-0.15, -0.1) is 0 Å². The van der Waals surface area contributed by atoms with Gasteiger partial charge in [0.05, 0.1) is 11.0 Å². The van der Waals surface area contributed by atoms with Crippen LogP contribution < -0.4 is 5.32 Å². The molecule has 0 aliphatic carbocycles. The van der Waals surface area contributed by atoms with Gasteiger partial charge in [0, 0.05) is 32.1 Å². The highest BCUT2D eigenvalue weighted by atomic mass is 16.2.